The van der Waals surface area contributed by atoms with Crippen molar-refractivity contribution in [1.29, 1.82) is 0 Å². The Morgan fingerprint density at radius 3 is 3.06 bits per heavy atom. The van der Waals surface area contributed by atoms with Gasteiger partial charge in [-0.1, -0.05) is 6.92 Å². The number of nitrogens with zero attached hydrogens (tertiary/aromatic N) is 3. The molecule has 1 fully saturated rings. The van der Waals surface area contributed by atoms with Gasteiger partial charge in [0.25, 0.3) is 0 Å². The Morgan fingerprint density at radius 2 is 2.44 bits per heavy atom. The van der Waals surface area contributed by atoms with E-state index in [9.17, 15) is 4.79 Å². The third kappa shape index (κ3) is 2.66. The van der Waals surface area contributed by atoms with Crippen LogP contribution in [0.15, 0.2) is 6.33 Å². The van der Waals surface area contributed by atoms with Crippen molar-refractivity contribution in [3.63, 3.8) is 0 Å². The third-order valence-electron chi connectivity index (χ3n) is 2.87. The number of hydrogen-bond acceptors (Lipinski definition) is 4. The number of nitrogens with one attached hydrogen (secondary N) is 1. The zero-order valence-electron chi connectivity index (χ0n) is 9.65. The Labute approximate surface area is 95.2 Å². The van der Waals surface area contributed by atoms with Gasteiger partial charge >= 0.3 is 0 Å². The van der Waals surface area contributed by atoms with E-state index in [1.165, 1.54) is 6.33 Å². The molecule has 5 nitrogen and oxygen atoms in total. The Kier molecular flexibility index (Phi) is 3.66. The van der Waals surface area contributed by atoms with Gasteiger partial charge in [0.2, 0.25) is 0 Å². The molecule has 1 aromatic heterocycles. The van der Waals surface area contributed by atoms with E-state index >= 15 is 0 Å². The van der Waals surface area contributed by atoms with E-state index in [1.807, 2.05) is 4.68 Å². The number of ketones is 1. The fourth-order valence-electron chi connectivity index (χ4n) is 1.89. The van der Waals surface area contributed by atoms with Gasteiger partial charge in [-0.25, -0.2) is 9.67 Å². The Balaban J connectivity index is 1.86. The molecule has 0 saturated carbocycles. The highest BCUT2D eigenvalue weighted by molar-refractivity contribution is 5.80. The number of aryl methyl sites for hydroxylation is 1. The lowest BCUT2D eigenvalue weighted by atomic mass is 9.95. The lowest BCUT2D eigenvalue weighted by molar-refractivity contribution is -0.119. The maximum atomic E-state index is 11.8. The first kappa shape index (κ1) is 11.3. The second-order valence-electron chi connectivity index (χ2n) is 4.34. The van der Waals surface area contributed by atoms with Gasteiger partial charge in [0, 0.05) is 13.0 Å². The molecule has 0 unspecified atom stereocenters. The van der Waals surface area contributed by atoms with Crippen LogP contribution in [0.2, 0.25) is 0 Å². The molecule has 0 radical (unpaired) electrons. The van der Waals surface area contributed by atoms with Crippen LogP contribution in [0, 0.1) is 5.92 Å². The van der Waals surface area contributed by atoms with E-state index in [0.29, 0.717) is 18.8 Å². The molecule has 1 aliphatic rings. The van der Waals surface area contributed by atoms with Crippen LogP contribution in [0.1, 0.15) is 25.6 Å². The molecule has 0 bridgehead atoms. The van der Waals surface area contributed by atoms with Crippen molar-refractivity contribution in [2.75, 3.05) is 13.1 Å². The van der Waals surface area contributed by atoms with Gasteiger partial charge in [-0.3, -0.25) is 4.79 Å². The molecule has 0 aromatic carbocycles. The quantitative estimate of drug-likeness (QED) is 0.757. The van der Waals surface area contributed by atoms with E-state index in [4.69, 9.17) is 0 Å². The summed E-state index contributed by atoms with van der Waals surface area (Å²) in [5, 5.41) is 7.28. The topological polar surface area (TPSA) is 59.8 Å². The lowest BCUT2D eigenvalue weighted by Gasteiger charge is -2.26. The summed E-state index contributed by atoms with van der Waals surface area (Å²) in [4.78, 5) is 15.9. The maximum absolute atomic E-state index is 11.8. The second-order valence-corrected chi connectivity index (χ2v) is 4.34. The minimum atomic E-state index is 0.275. The first-order chi connectivity index (χ1) is 7.79. The fraction of sp³-hybridized carbons (Fsp3) is 0.727. The largest absolute Gasteiger partial charge is 0.316 e. The highest BCUT2D eigenvalue weighted by Crippen LogP contribution is 2.10. The molecule has 88 valence electrons. The van der Waals surface area contributed by atoms with Crippen LogP contribution in [0.5, 0.6) is 0 Å². The number of Topliss-reactive ketones (excluding diaryl/α,β-unsaturated/α-hetero) is 1. The average molecular weight is 222 g/mol. The normalized spacial score (nSPS) is 16.1. The monoisotopic (exact) mass is 222 g/mol. The van der Waals surface area contributed by atoms with Crippen LogP contribution in [0.25, 0.3) is 0 Å². The van der Waals surface area contributed by atoms with Gasteiger partial charge in [-0.05, 0) is 25.4 Å². The number of carbonyl (C=O) groups is 1. The summed E-state index contributed by atoms with van der Waals surface area (Å²) < 4.78 is 1.83. The molecule has 0 amide bonds. The summed E-state index contributed by atoms with van der Waals surface area (Å²) in [6, 6.07) is 0. The predicted octanol–water partition coefficient (Wildman–Crippen LogP) is 0.409. The number of rotatable bonds is 6. The molecular weight excluding hydrogens is 204 g/mol. The molecule has 1 N–H and O–H groups in total. The number of hydrogen-bond donors (Lipinski definition) is 1. The van der Waals surface area contributed by atoms with Crippen molar-refractivity contribution >= 4 is 5.78 Å². The zero-order valence-corrected chi connectivity index (χ0v) is 9.65. The third-order valence-corrected chi connectivity index (χ3v) is 2.87. The van der Waals surface area contributed by atoms with Gasteiger partial charge in [0.1, 0.15) is 17.9 Å². The second kappa shape index (κ2) is 5.21. The van der Waals surface area contributed by atoms with Gasteiger partial charge in [0.05, 0.1) is 6.42 Å². The smallest absolute Gasteiger partial charge is 0.140 e. The highest BCUT2D eigenvalue weighted by atomic mass is 16.1. The SMILES string of the molecule is CCCn1ncnc1CC(=O)CC1CNC1. The van der Waals surface area contributed by atoms with E-state index in [2.05, 4.69) is 22.3 Å². The van der Waals surface area contributed by atoms with Crippen molar-refractivity contribution in [2.45, 2.75) is 32.7 Å². The Hall–Kier alpha value is -1.23. The van der Waals surface area contributed by atoms with Crippen molar-refractivity contribution in [2.24, 2.45) is 5.92 Å². The van der Waals surface area contributed by atoms with E-state index in [-0.39, 0.29) is 5.78 Å². The molecule has 1 saturated heterocycles. The molecule has 0 aliphatic carbocycles. The van der Waals surface area contributed by atoms with Gasteiger partial charge in [-0.2, -0.15) is 5.10 Å². The maximum Gasteiger partial charge on any atom is 0.140 e. The van der Waals surface area contributed by atoms with E-state index in [0.717, 1.165) is 31.9 Å². The van der Waals surface area contributed by atoms with Crippen LogP contribution >= 0.6 is 0 Å². The summed E-state index contributed by atoms with van der Waals surface area (Å²) in [5.74, 6) is 1.62. The molecule has 5 heteroatoms. The molecule has 16 heavy (non-hydrogen) atoms. The van der Waals surface area contributed by atoms with Gasteiger partial charge < -0.3 is 5.32 Å². The van der Waals surface area contributed by atoms with Crippen LogP contribution < -0.4 is 5.32 Å². The predicted molar refractivity (Wildman–Crippen MR) is 60.0 cm³/mol. The van der Waals surface area contributed by atoms with Gasteiger partial charge in [0.15, 0.2) is 0 Å². The fourth-order valence-corrected chi connectivity index (χ4v) is 1.89. The standard InChI is InChI=1S/C11H18N4O/c1-2-3-15-11(13-8-14-15)5-10(16)4-9-6-12-7-9/h8-9,12H,2-7H2,1H3. The number of carbonyl (C=O) groups excluding carboxylic acids is 1. The molecule has 2 heterocycles. The van der Waals surface area contributed by atoms with Crippen molar-refractivity contribution in [3.05, 3.63) is 12.2 Å². The Bertz CT molecular complexity index is 357. The van der Waals surface area contributed by atoms with Crippen molar-refractivity contribution < 1.29 is 4.79 Å². The van der Waals surface area contributed by atoms with Crippen LogP contribution in [-0.4, -0.2) is 33.6 Å². The minimum Gasteiger partial charge on any atom is -0.316 e. The highest BCUT2D eigenvalue weighted by Gasteiger charge is 2.21. The molecule has 0 atom stereocenters. The summed E-state index contributed by atoms with van der Waals surface area (Å²) in [6.45, 7) is 4.89. The lowest BCUT2D eigenvalue weighted by Crippen LogP contribution is -2.43. The average Bonchev–Trinajstić information content (AvgIpc) is 2.60. The first-order valence-corrected chi connectivity index (χ1v) is 5.88. The first-order valence-electron chi connectivity index (χ1n) is 5.88. The van der Waals surface area contributed by atoms with Crippen LogP contribution in [-0.2, 0) is 17.8 Å². The van der Waals surface area contributed by atoms with Gasteiger partial charge in [-0.15, -0.1) is 0 Å². The summed E-state index contributed by atoms with van der Waals surface area (Å²) >= 11 is 0. The Morgan fingerprint density at radius 1 is 1.62 bits per heavy atom. The van der Waals surface area contributed by atoms with E-state index < -0.39 is 0 Å². The molecule has 1 aromatic rings. The molecule has 0 spiro atoms. The van der Waals surface area contributed by atoms with Crippen LogP contribution in [0.4, 0.5) is 0 Å². The zero-order chi connectivity index (χ0) is 11.4. The van der Waals surface area contributed by atoms with Crippen LogP contribution in [0.3, 0.4) is 0 Å². The summed E-state index contributed by atoms with van der Waals surface area (Å²) in [6.07, 6.45) is 3.64. The van der Waals surface area contributed by atoms with Crippen molar-refractivity contribution in [1.82, 2.24) is 20.1 Å². The number of aromatic nitrogens is 3. The molecule has 1 aliphatic heterocycles. The minimum absolute atomic E-state index is 0.275. The molecule has 2 rings (SSSR count). The van der Waals surface area contributed by atoms with Crippen molar-refractivity contribution in [3.8, 4) is 0 Å². The molecular formula is C11H18N4O. The summed E-state index contributed by atoms with van der Waals surface area (Å²) in [7, 11) is 0. The van der Waals surface area contributed by atoms with E-state index in [1.54, 1.807) is 0 Å². The summed E-state index contributed by atoms with van der Waals surface area (Å²) in [5.41, 5.74) is 0.